The molecule has 0 aliphatic carbocycles. The van der Waals surface area contributed by atoms with Gasteiger partial charge < -0.3 is 32.5 Å². The highest BCUT2D eigenvalue weighted by Gasteiger charge is 2.28. The maximum atomic E-state index is 5.61. The van der Waals surface area contributed by atoms with Gasteiger partial charge in [0.15, 0.2) is 0 Å². The van der Waals surface area contributed by atoms with Gasteiger partial charge in [-0.1, -0.05) is 0 Å². The quantitative estimate of drug-likeness (QED) is 0.281. The summed E-state index contributed by atoms with van der Waals surface area (Å²) < 4.78 is 33.0. The van der Waals surface area contributed by atoms with Gasteiger partial charge in [0, 0.05) is 54.7 Å². The average Bonchev–Trinajstić information content (AvgIpc) is 2.65. The predicted molar refractivity (Wildman–Crippen MR) is 105 cm³/mol. The molecule has 0 unspecified atom stereocenters. The van der Waals surface area contributed by atoms with E-state index in [2.05, 4.69) is 18.4 Å². The van der Waals surface area contributed by atoms with Crippen molar-refractivity contribution >= 4 is 17.1 Å². The van der Waals surface area contributed by atoms with Crippen molar-refractivity contribution in [2.75, 3.05) is 68.0 Å². The van der Waals surface area contributed by atoms with Gasteiger partial charge in [-0.3, -0.25) is 0 Å². The van der Waals surface area contributed by atoms with E-state index in [1.165, 1.54) is 0 Å². The number of rotatable bonds is 18. The number of hydrogen-bond acceptors (Lipinski definition) is 7. The first kappa shape index (κ1) is 25.2. The van der Waals surface area contributed by atoms with Crippen molar-refractivity contribution in [2.45, 2.75) is 38.0 Å². The Morgan fingerprint density at radius 2 is 0.960 bits per heavy atom. The topological polar surface area (TPSA) is 67.4 Å². The molecule has 0 aromatic rings. The van der Waals surface area contributed by atoms with Gasteiger partial charge in [-0.05, 0) is 38.0 Å². The lowest BCUT2D eigenvalue weighted by Gasteiger charge is -2.22. The van der Waals surface area contributed by atoms with Gasteiger partial charge >= 0.3 is 17.1 Å². The fourth-order valence-electron chi connectivity index (χ4n) is 2.18. The fraction of sp³-hybridized carbons (Fsp3) is 1.00. The first-order valence-electron chi connectivity index (χ1n) is 9.02. The van der Waals surface area contributed by atoms with Crippen molar-refractivity contribution in [2.24, 2.45) is 0 Å². The predicted octanol–water partition coefficient (Wildman–Crippen LogP) is 2.12. The maximum absolute atomic E-state index is 5.61. The molecule has 0 aromatic heterocycles. The molecule has 1 N–H and O–H groups in total. The Balaban J connectivity index is 3.32. The van der Waals surface area contributed by atoms with Crippen molar-refractivity contribution in [3.8, 4) is 0 Å². The first-order valence-corrected chi connectivity index (χ1v) is 14.1. The third-order valence-corrected chi connectivity index (χ3v) is 10.4. The Bertz CT molecular complexity index is 276. The molecule has 0 atom stereocenters. The van der Waals surface area contributed by atoms with Gasteiger partial charge in [-0.15, -0.1) is 0 Å². The monoisotopic (exact) mass is 397 g/mol. The summed E-state index contributed by atoms with van der Waals surface area (Å²) in [5.41, 5.74) is 0. The zero-order valence-electron chi connectivity index (χ0n) is 17.0. The molecule has 0 bridgehead atoms. The molecule has 0 spiro atoms. The van der Waals surface area contributed by atoms with Crippen LogP contribution >= 0.6 is 0 Å². The van der Waals surface area contributed by atoms with Crippen LogP contribution in [-0.4, -0.2) is 85.1 Å². The van der Waals surface area contributed by atoms with Gasteiger partial charge in [0.1, 0.15) is 0 Å². The van der Waals surface area contributed by atoms with Crippen LogP contribution in [0.5, 0.6) is 0 Å². The highest BCUT2D eigenvalue weighted by Crippen LogP contribution is 2.14. The number of nitrogens with one attached hydrogen (secondary N) is 1. The molecule has 9 heteroatoms. The lowest BCUT2D eigenvalue weighted by molar-refractivity contribution is 0.119. The van der Waals surface area contributed by atoms with Crippen LogP contribution in [0.1, 0.15) is 12.8 Å². The second kappa shape index (κ2) is 15.2. The van der Waals surface area contributed by atoms with Crippen molar-refractivity contribution in [1.82, 2.24) is 5.32 Å². The molecule has 0 aliphatic rings. The SMILES string of the molecule is CO[Si](C)(CCCOCCNCCOCCC[Si](C)(OC)OC)OC. The van der Waals surface area contributed by atoms with Crippen LogP contribution in [0.25, 0.3) is 0 Å². The van der Waals surface area contributed by atoms with Crippen LogP contribution in [0.2, 0.25) is 25.2 Å². The standard InChI is InChI=1S/C16H39NO6Si2/c1-18-24(5,19-2)15-7-11-22-13-9-17-10-14-23-12-8-16-25(6,20-3)21-4/h17H,7-16H2,1-6H3. The number of hydrogen-bond donors (Lipinski definition) is 1. The van der Waals surface area contributed by atoms with E-state index in [1.54, 1.807) is 28.4 Å². The molecule has 0 rings (SSSR count). The minimum atomic E-state index is -1.94. The van der Waals surface area contributed by atoms with Crippen molar-refractivity contribution < 1.29 is 27.2 Å². The summed E-state index contributed by atoms with van der Waals surface area (Å²) in [4.78, 5) is 0. The summed E-state index contributed by atoms with van der Waals surface area (Å²) in [6.45, 7) is 8.73. The van der Waals surface area contributed by atoms with Crippen LogP contribution in [0.15, 0.2) is 0 Å². The molecule has 0 radical (unpaired) electrons. The second-order valence-corrected chi connectivity index (χ2v) is 13.4. The summed E-state index contributed by atoms with van der Waals surface area (Å²) in [6, 6.07) is 1.91. The Kier molecular flexibility index (Phi) is 15.3. The first-order chi connectivity index (χ1) is 11.9. The van der Waals surface area contributed by atoms with E-state index in [4.69, 9.17) is 27.2 Å². The fourth-order valence-corrected chi connectivity index (χ4v) is 4.91. The van der Waals surface area contributed by atoms with Gasteiger partial charge in [-0.25, -0.2) is 0 Å². The van der Waals surface area contributed by atoms with E-state index < -0.39 is 17.1 Å². The van der Waals surface area contributed by atoms with E-state index in [-0.39, 0.29) is 0 Å². The minimum Gasteiger partial charge on any atom is -0.398 e. The van der Waals surface area contributed by atoms with Crippen LogP contribution in [-0.2, 0) is 27.2 Å². The smallest absolute Gasteiger partial charge is 0.334 e. The molecule has 7 nitrogen and oxygen atoms in total. The van der Waals surface area contributed by atoms with Crippen molar-refractivity contribution in [1.29, 1.82) is 0 Å². The average molecular weight is 398 g/mol. The molecule has 152 valence electrons. The number of ether oxygens (including phenoxy) is 2. The molecule has 0 saturated heterocycles. The minimum absolute atomic E-state index is 0.712. The summed E-state index contributed by atoms with van der Waals surface area (Å²) in [5, 5.41) is 3.31. The zero-order valence-corrected chi connectivity index (χ0v) is 19.0. The lowest BCUT2D eigenvalue weighted by atomic mass is 10.5. The zero-order chi connectivity index (χ0) is 19.0. The van der Waals surface area contributed by atoms with E-state index in [9.17, 15) is 0 Å². The maximum Gasteiger partial charge on any atom is 0.334 e. The van der Waals surface area contributed by atoms with Gasteiger partial charge in [0.2, 0.25) is 0 Å². The van der Waals surface area contributed by atoms with Gasteiger partial charge in [0.05, 0.1) is 13.2 Å². The van der Waals surface area contributed by atoms with Crippen molar-refractivity contribution in [3.05, 3.63) is 0 Å². The Labute approximate surface area is 156 Å². The van der Waals surface area contributed by atoms with E-state index in [0.29, 0.717) is 13.2 Å². The highest BCUT2D eigenvalue weighted by atomic mass is 28.4. The van der Waals surface area contributed by atoms with E-state index in [1.807, 2.05) is 0 Å². The van der Waals surface area contributed by atoms with Crippen LogP contribution < -0.4 is 5.32 Å². The molecule has 0 aromatic carbocycles. The normalized spacial score (nSPS) is 12.7. The Hall–Kier alpha value is 0.154. The molecule has 0 fully saturated rings. The molecular weight excluding hydrogens is 358 g/mol. The third-order valence-electron chi connectivity index (χ3n) is 4.41. The largest absolute Gasteiger partial charge is 0.398 e. The molecule has 25 heavy (non-hydrogen) atoms. The highest BCUT2D eigenvalue weighted by molar-refractivity contribution is 6.66. The van der Waals surface area contributed by atoms with Crippen LogP contribution in [0.4, 0.5) is 0 Å². The lowest BCUT2D eigenvalue weighted by Crippen LogP contribution is -2.36. The van der Waals surface area contributed by atoms with Gasteiger partial charge in [0.25, 0.3) is 0 Å². The summed E-state index contributed by atoms with van der Waals surface area (Å²) in [7, 11) is 3.01. The van der Waals surface area contributed by atoms with Gasteiger partial charge in [-0.2, -0.15) is 0 Å². The molecule has 0 saturated carbocycles. The molecular formula is C16H39NO6Si2. The van der Waals surface area contributed by atoms with Crippen LogP contribution in [0.3, 0.4) is 0 Å². The second-order valence-electron chi connectivity index (χ2n) is 6.27. The molecule has 0 amide bonds. The molecule has 0 heterocycles. The van der Waals surface area contributed by atoms with E-state index in [0.717, 1.165) is 51.2 Å². The Morgan fingerprint density at radius 1 is 0.600 bits per heavy atom. The summed E-state index contributed by atoms with van der Waals surface area (Å²) >= 11 is 0. The summed E-state index contributed by atoms with van der Waals surface area (Å²) in [5.74, 6) is 0. The van der Waals surface area contributed by atoms with Crippen molar-refractivity contribution in [3.63, 3.8) is 0 Å². The third kappa shape index (κ3) is 13.0. The summed E-state index contributed by atoms with van der Waals surface area (Å²) in [6.07, 6.45) is 1.94. The Morgan fingerprint density at radius 3 is 1.28 bits per heavy atom. The van der Waals surface area contributed by atoms with E-state index >= 15 is 0 Å². The van der Waals surface area contributed by atoms with Crippen LogP contribution in [0, 0.1) is 0 Å². The molecule has 0 aliphatic heterocycles.